The topological polar surface area (TPSA) is 49.8 Å². The summed E-state index contributed by atoms with van der Waals surface area (Å²) in [5, 5.41) is 9.95. The number of benzene rings is 2. The molecule has 0 atom stereocenters. The summed E-state index contributed by atoms with van der Waals surface area (Å²) in [6.07, 6.45) is 0. The van der Waals surface area contributed by atoms with E-state index in [-0.39, 0.29) is 22.4 Å². The Bertz CT molecular complexity index is 721. The lowest BCUT2D eigenvalue weighted by Gasteiger charge is -2.19. The molecule has 4 nitrogen and oxygen atoms in total. The zero-order chi connectivity index (χ0) is 17.0. The monoisotopic (exact) mass is 397 g/mol. The van der Waals surface area contributed by atoms with E-state index in [4.69, 9.17) is 16.3 Å². The second-order valence-electron chi connectivity index (χ2n) is 4.99. The van der Waals surface area contributed by atoms with Crippen molar-refractivity contribution in [1.82, 2.24) is 4.90 Å². The van der Waals surface area contributed by atoms with Gasteiger partial charge in [-0.1, -0.05) is 45.7 Å². The van der Waals surface area contributed by atoms with Crippen LogP contribution in [0.5, 0.6) is 11.5 Å². The Kier molecular flexibility index (Phi) is 5.91. The molecule has 0 unspecified atom stereocenters. The second-order valence-corrected chi connectivity index (χ2v) is 6.25. The number of hydrogen-bond donors (Lipinski definition) is 1. The number of phenolic OH excluding ortho intramolecular Hbond substituents is 1. The molecule has 0 aliphatic rings. The van der Waals surface area contributed by atoms with Gasteiger partial charge in [-0.3, -0.25) is 4.79 Å². The van der Waals surface area contributed by atoms with E-state index in [2.05, 4.69) is 15.9 Å². The number of hydrogen-bond acceptors (Lipinski definition) is 3. The summed E-state index contributed by atoms with van der Waals surface area (Å²) in [5.41, 5.74) is 1.36. The molecule has 23 heavy (non-hydrogen) atoms. The number of carbonyl (C=O) groups excluding carboxylic acids is 1. The molecule has 0 fully saturated rings. The number of rotatable bonds is 5. The molecular weight excluding hydrogens is 382 g/mol. The molecule has 0 spiro atoms. The van der Waals surface area contributed by atoms with Gasteiger partial charge in [0.15, 0.2) is 11.5 Å². The van der Waals surface area contributed by atoms with Crippen molar-refractivity contribution in [3.8, 4) is 11.5 Å². The van der Waals surface area contributed by atoms with E-state index >= 15 is 0 Å². The molecule has 0 saturated heterocycles. The normalized spacial score (nSPS) is 10.4. The SMILES string of the molecule is CCOc1cc(C(=O)N(C)Cc2ccccc2Br)cc(Cl)c1O. The first-order valence-electron chi connectivity index (χ1n) is 7.08. The first-order chi connectivity index (χ1) is 10.9. The molecule has 0 saturated carbocycles. The predicted octanol–water partition coefficient (Wildman–Crippen LogP) is 4.48. The van der Waals surface area contributed by atoms with Gasteiger partial charge in [0, 0.05) is 23.6 Å². The third kappa shape index (κ3) is 4.18. The first-order valence-corrected chi connectivity index (χ1v) is 8.25. The molecule has 0 bridgehead atoms. The summed E-state index contributed by atoms with van der Waals surface area (Å²) in [6, 6.07) is 10.7. The minimum Gasteiger partial charge on any atom is -0.503 e. The third-order valence-corrected chi connectivity index (χ3v) is 4.35. The van der Waals surface area contributed by atoms with Gasteiger partial charge < -0.3 is 14.7 Å². The first kappa shape index (κ1) is 17.6. The third-order valence-electron chi connectivity index (χ3n) is 3.29. The summed E-state index contributed by atoms with van der Waals surface area (Å²) >= 11 is 9.45. The highest BCUT2D eigenvalue weighted by Crippen LogP contribution is 2.35. The minimum absolute atomic E-state index is 0.0913. The van der Waals surface area contributed by atoms with Gasteiger partial charge in [-0.05, 0) is 30.7 Å². The molecule has 0 radical (unpaired) electrons. The van der Waals surface area contributed by atoms with Crippen molar-refractivity contribution in [2.45, 2.75) is 13.5 Å². The Morgan fingerprint density at radius 3 is 2.70 bits per heavy atom. The fourth-order valence-corrected chi connectivity index (χ4v) is 2.76. The maximum Gasteiger partial charge on any atom is 0.254 e. The van der Waals surface area contributed by atoms with Crippen molar-refractivity contribution in [1.29, 1.82) is 0 Å². The number of nitrogens with zero attached hydrogens (tertiary/aromatic N) is 1. The van der Waals surface area contributed by atoms with Gasteiger partial charge >= 0.3 is 0 Å². The maximum atomic E-state index is 12.6. The lowest BCUT2D eigenvalue weighted by molar-refractivity contribution is 0.0784. The van der Waals surface area contributed by atoms with Crippen molar-refractivity contribution < 1.29 is 14.6 Å². The van der Waals surface area contributed by atoms with Gasteiger partial charge in [0.2, 0.25) is 0 Å². The van der Waals surface area contributed by atoms with E-state index in [9.17, 15) is 9.90 Å². The summed E-state index contributed by atoms with van der Waals surface area (Å²) in [4.78, 5) is 14.2. The summed E-state index contributed by atoms with van der Waals surface area (Å²) < 4.78 is 6.26. The number of carbonyl (C=O) groups is 1. The van der Waals surface area contributed by atoms with E-state index in [1.807, 2.05) is 24.3 Å². The Morgan fingerprint density at radius 2 is 2.04 bits per heavy atom. The molecule has 2 aromatic rings. The average molecular weight is 399 g/mol. The van der Waals surface area contributed by atoms with Crippen molar-refractivity contribution in [3.63, 3.8) is 0 Å². The molecular formula is C17H17BrClNO3. The van der Waals surface area contributed by atoms with Crippen molar-refractivity contribution in [2.24, 2.45) is 0 Å². The lowest BCUT2D eigenvalue weighted by Crippen LogP contribution is -2.26. The zero-order valence-electron chi connectivity index (χ0n) is 12.8. The highest BCUT2D eigenvalue weighted by atomic mass is 79.9. The lowest BCUT2D eigenvalue weighted by atomic mass is 10.1. The fourth-order valence-electron chi connectivity index (χ4n) is 2.14. The van der Waals surface area contributed by atoms with E-state index in [1.54, 1.807) is 18.9 Å². The van der Waals surface area contributed by atoms with Crippen molar-refractivity contribution in [2.75, 3.05) is 13.7 Å². The summed E-state index contributed by atoms with van der Waals surface area (Å²) in [5.74, 6) is -0.153. The van der Waals surface area contributed by atoms with Crippen LogP contribution in [-0.2, 0) is 6.54 Å². The number of ether oxygens (including phenoxy) is 1. The van der Waals surface area contributed by atoms with Crippen LogP contribution in [0, 0.1) is 0 Å². The number of aromatic hydroxyl groups is 1. The van der Waals surface area contributed by atoms with Crippen LogP contribution in [0.1, 0.15) is 22.8 Å². The van der Waals surface area contributed by atoms with Crippen LogP contribution in [0.25, 0.3) is 0 Å². The van der Waals surface area contributed by atoms with Crippen LogP contribution in [0.3, 0.4) is 0 Å². The van der Waals surface area contributed by atoms with Gasteiger partial charge in [0.1, 0.15) is 0 Å². The van der Waals surface area contributed by atoms with E-state index in [0.29, 0.717) is 18.7 Å². The van der Waals surface area contributed by atoms with E-state index in [0.717, 1.165) is 10.0 Å². The number of phenols is 1. The molecule has 1 amide bonds. The van der Waals surface area contributed by atoms with Crippen LogP contribution in [0.2, 0.25) is 5.02 Å². The number of amides is 1. The summed E-state index contributed by atoms with van der Waals surface area (Å²) in [7, 11) is 1.71. The molecule has 2 rings (SSSR count). The highest BCUT2D eigenvalue weighted by Gasteiger charge is 2.18. The Morgan fingerprint density at radius 1 is 1.35 bits per heavy atom. The molecule has 122 valence electrons. The highest BCUT2D eigenvalue weighted by molar-refractivity contribution is 9.10. The molecule has 6 heteroatoms. The van der Waals surface area contributed by atoms with Gasteiger partial charge in [0.25, 0.3) is 5.91 Å². The standard InChI is InChI=1S/C17H17BrClNO3/c1-3-23-15-9-12(8-14(19)16(15)21)17(22)20(2)10-11-6-4-5-7-13(11)18/h4-9,21H,3,10H2,1-2H3. The Balaban J connectivity index is 2.24. The van der Waals surface area contributed by atoms with E-state index in [1.165, 1.54) is 12.1 Å². The van der Waals surface area contributed by atoms with Crippen LogP contribution in [0.4, 0.5) is 0 Å². The zero-order valence-corrected chi connectivity index (χ0v) is 15.2. The molecule has 1 N–H and O–H groups in total. The Labute approximate surface area is 148 Å². The maximum absolute atomic E-state index is 12.6. The van der Waals surface area contributed by atoms with Crippen LogP contribution >= 0.6 is 27.5 Å². The fraction of sp³-hybridized carbons (Fsp3) is 0.235. The van der Waals surface area contributed by atoms with Crippen molar-refractivity contribution >= 4 is 33.4 Å². The predicted molar refractivity (Wildman–Crippen MR) is 94.2 cm³/mol. The minimum atomic E-state index is -0.205. The van der Waals surface area contributed by atoms with Crippen LogP contribution < -0.4 is 4.74 Å². The number of halogens is 2. The molecule has 0 heterocycles. The van der Waals surface area contributed by atoms with Gasteiger partial charge in [-0.25, -0.2) is 0 Å². The van der Waals surface area contributed by atoms with Gasteiger partial charge in [0.05, 0.1) is 11.6 Å². The quantitative estimate of drug-likeness (QED) is 0.808. The van der Waals surface area contributed by atoms with Gasteiger partial charge in [-0.15, -0.1) is 0 Å². The van der Waals surface area contributed by atoms with Crippen LogP contribution in [-0.4, -0.2) is 29.6 Å². The van der Waals surface area contributed by atoms with Crippen LogP contribution in [0.15, 0.2) is 40.9 Å². The molecule has 2 aromatic carbocycles. The average Bonchev–Trinajstić information content (AvgIpc) is 2.53. The molecule has 0 aromatic heterocycles. The molecule has 0 aliphatic carbocycles. The Hall–Kier alpha value is -1.72. The summed E-state index contributed by atoms with van der Waals surface area (Å²) in [6.45, 7) is 2.61. The molecule has 0 aliphatic heterocycles. The van der Waals surface area contributed by atoms with E-state index < -0.39 is 0 Å². The second kappa shape index (κ2) is 7.70. The largest absolute Gasteiger partial charge is 0.503 e. The smallest absolute Gasteiger partial charge is 0.254 e. The van der Waals surface area contributed by atoms with Crippen molar-refractivity contribution in [3.05, 3.63) is 57.0 Å². The van der Waals surface area contributed by atoms with Gasteiger partial charge in [-0.2, -0.15) is 0 Å².